The monoisotopic (exact) mass is 424 g/mol. The molecule has 0 bridgehead atoms. The summed E-state index contributed by atoms with van der Waals surface area (Å²) in [6.07, 6.45) is 1.82. The van der Waals surface area contributed by atoms with Gasteiger partial charge in [-0.05, 0) is 42.3 Å². The number of aryl methyl sites for hydroxylation is 1. The molecule has 0 unspecified atom stereocenters. The van der Waals surface area contributed by atoms with E-state index in [-0.39, 0.29) is 0 Å². The summed E-state index contributed by atoms with van der Waals surface area (Å²) < 4.78 is 0. The largest absolute Gasteiger partial charge is 0.281 e. The molecule has 2 nitrogen and oxygen atoms in total. The van der Waals surface area contributed by atoms with Gasteiger partial charge in [0.1, 0.15) is 0 Å². The molecule has 156 valence electrons. The van der Waals surface area contributed by atoms with Crippen molar-refractivity contribution in [3.05, 3.63) is 131 Å². The maximum atomic E-state index is 4.66. The van der Waals surface area contributed by atoms with Gasteiger partial charge in [0.05, 0.1) is 11.2 Å². The molecule has 0 fully saturated rings. The molecule has 0 N–H and O–H groups in total. The van der Waals surface area contributed by atoms with E-state index in [1.54, 1.807) is 0 Å². The van der Waals surface area contributed by atoms with Crippen molar-refractivity contribution in [1.29, 1.82) is 0 Å². The molecular formula is C28H28N2S. The van der Waals surface area contributed by atoms with E-state index >= 15 is 0 Å². The number of rotatable bonds is 7. The highest BCUT2D eigenvalue weighted by molar-refractivity contribution is 7.80. The van der Waals surface area contributed by atoms with Crippen molar-refractivity contribution in [2.45, 2.75) is 30.8 Å². The minimum atomic E-state index is -0.438. The number of benzene rings is 3. The highest BCUT2D eigenvalue weighted by Gasteiger charge is 2.41. The van der Waals surface area contributed by atoms with E-state index in [0.29, 0.717) is 0 Å². The molecule has 1 aromatic heterocycles. The summed E-state index contributed by atoms with van der Waals surface area (Å²) in [7, 11) is 0. The topological polar surface area (TPSA) is 16.1 Å². The second kappa shape index (κ2) is 9.51. The number of hydrogen-bond donors (Lipinski definition) is 1. The van der Waals surface area contributed by atoms with Crippen molar-refractivity contribution in [1.82, 2.24) is 9.88 Å². The molecular weight excluding hydrogens is 396 g/mol. The predicted octanol–water partition coefficient (Wildman–Crippen LogP) is 6.49. The number of aromatic nitrogens is 1. The molecule has 0 aliphatic rings. The molecule has 0 aliphatic heterocycles. The zero-order valence-electron chi connectivity index (χ0n) is 18.1. The van der Waals surface area contributed by atoms with Gasteiger partial charge < -0.3 is 0 Å². The number of thiol groups is 1. The lowest BCUT2D eigenvalue weighted by atomic mass is 9.75. The third-order valence-electron chi connectivity index (χ3n) is 5.87. The molecule has 1 heterocycles. The van der Waals surface area contributed by atoms with Crippen LogP contribution in [0.4, 0.5) is 0 Å². The summed E-state index contributed by atoms with van der Waals surface area (Å²) in [4.78, 5) is 8.05. The van der Waals surface area contributed by atoms with Crippen molar-refractivity contribution in [3.63, 3.8) is 0 Å². The second-order valence-electron chi connectivity index (χ2n) is 7.83. The zero-order chi connectivity index (χ0) is 21.7. The molecule has 0 amide bonds. The van der Waals surface area contributed by atoms with Crippen LogP contribution in [-0.4, -0.2) is 16.4 Å². The molecule has 3 heteroatoms. The van der Waals surface area contributed by atoms with Gasteiger partial charge in [0.15, 0.2) is 0 Å². The van der Waals surface area contributed by atoms with Crippen LogP contribution in [0.1, 0.15) is 34.9 Å². The Balaban J connectivity index is 1.97. The number of pyridine rings is 1. The molecule has 4 aromatic rings. The molecule has 0 saturated carbocycles. The van der Waals surface area contributed by atoms with Crippen molar-refractivity contribution in [3.8, 4) is 0 Å². The summed E-state index contributed by atoms with van der Waals surface area (Å²) in [5, 5.41) is 0. The lowest BCUT2D eigenvalue weighted by Crippen LogP contribution is -2.47. The van der Waals surface area contributed by atoms with Crippen molar-refractivity contribution >= 4 is 12.6 Å². The highest BCUT2D eigenvalue weighted by atomic mass is 32.1. The summed E-state index contributed by atoms with van der Waals surface area (Å²) in [6.45, 7) is 5.95. The van der Waals surface area contributed by atoms with Crippen LogP contribution in [0.5, 0.6) is 0 Å². The number of nitrogens with zero attached hydrogens (tertiary/aromatic N) is 2. The van der Waals surface area contributed by atoms with Gasteiger partial charge in [0.25, 0.3) is 0 Å². The van der Waals surface area contributed by atoms with Crippen LogP contribution in [0.15, 0.2) is 108 Å². The van der Waals surface area contributed by atoms with E-state index in [1.807, 2.05) is 12.3 Å². The third-order valence-corrected chi connectivity index (χ3v) is 6.14. The van der Waals surface area contributed by atoms with Gasteiger partial charge in [-0.3, -0.25) is 9.88 Å². The first-order chi connectivity index (χ1) is 15.1. The van der Waals surface area contributed by atoms with E-state index in [2.05, 4.69) is 127 Å². The van der Waals surface area contributed by atoms with Crippen LogP contribution < -0.4 is 0 Å². The average Bonchev–Trinajstić information content (AvgIpc) is 2.82. The Hall–Kier alpha value is -2.88. The van der Waals surface area contributed by atoms with Crippen LogP contribution in [0, 0.1) is 6.92 Å². The lowest BCUT2D eigenvalue weighted by molar-refractivity contribution is 0.154. The molecule has 31 heavy (non-hydrogen) atoms. The summed E-state index contributed by atoms with van der Waals surface area (Å²) in [6, 6.07) is 34.6. The minimum Gasteiger partial charge on any atom is -0.281 e. The first-order valence-corrected chi connectivity index (χ1v) is 11.2. The molecule has 0 spiro atoms. The van der Waals surface area contributed by atoms with Gasteiger partial charge in [-0.25, -0.2) is 0 Å². The standard InChI is InChI=1S/C28H28N2S/c1-3-30(21-26-18-19-27(31)20-29-26)28(23-10-6-4-7-11-23,24-12-8-5-9-13-24)25-16-14-22(2)15-17-25/h4-20,31H,3,21H2,1-2H3. The van der Waals surface area contributed by atoms with Gasteiger partial charge >= 0.3 is 0 Å². The fourth-order valence-electron chi connectivity index (χ4n) is 4.37. The quantitative estimate of drug-likeness (QED) is 0.269. The van der Waals surface area contributed by atoms with E-state index in [4.69, 9.17) is 0 Å². The Kier molecular flexibility index (Phi) is 6.55. The molecule has 0 aliphatic carbocycles. The minimum absolute atomic E-state index is 0.438. The summed E-state index contributed by atoms with van der Waals surface area (Å²) >= 11 is 4.41. The first kappa shape index (κ1) is 21.4. The second-order valence-corrected chi connectivity index (χ2v) is 8.35. The third kappa shape index (κ3) is 4.30. The predicted molar refractivity (Wildman–Crippen MR) is 132 cm³/mol. The van der Waals surface area contributed by atoms with Crippen LogP contribution in [0.3, 0.4) is 0 Å². The Labute approximate surface area is 191 Å². The van der Waals surface area contributed by atoms with Crippen LogP contribution >= 0.6 is 12.6 Å². The van der Waals surface area contributed by atoms with E-state index in [1.165, 1.54) is 22.3 Å². The molecule has 0 atom stereocenters. The van der Waals surface area contributed by atoms with E-state index < -0.39 is 5.54 Å². The van der Waals surface area contributed by atoms with Gasteiger partial charge in [-0.15, -0.1) is 12.6 Å². The smallest absolute Gasteiger partial charge is 0.0976 e. The Bertz CT molecular complexity index is 1050. The van der Waals surface area contributed by atoms with Crippen LogP contribution in [0.25, 0.3) is 0 Å². The van der Waals surface area contributed by atoms with Gasteiger partial charge in [-0.2, -0.15) is 0 Å². The Morgan fingerprint density at radius 1 is 0.742 bits per heavy atom. The lowest BCUT2D eigenvalue weighted by Gasteiger charge is -2.45. The maximum absolute atomic E-state index is 4.66. The van der Waals surface area contributed by atoms with Crippen LogP contribution in [-0.2, 0) is 12.1 Å². The molecule has 4 rings (SSSR count). The highest BCUT2D eigenvalue weighted by Crippen LogP contribution is 2.43. The van der Waals surface area contributed by atoms with Gasteiger partial charge in [-0.1, -0.05) is 97.4 Å². The molecule has 0 radical (unpaired) electrons. The summed E-state index contributed by atoms with van der Waals surface area (Å²) in [5.41, 5.74) is 5.60. The first-order valence-electron chi connectivity index (χ1n) is 10.7. The SMILES string of the molecule is CCN(Cc1ccc(S)cn1)C(c1ccccc1)(c1ccccc1)c1ccc(C)cc1. The molecule has 3 aromatic carbocycles. The zero-order valence-corrected chi connectivity index (χ0v) is 19.0. The number of hydrogen-bond acceptors (Lipinski definition) is 3. The Morgan fingerprint density at radius 3 is 1.77 bits per heavy atom. The van der Waals surface area contributed by atoms with Crippen molar-refractivity contribution < 1.29 is 0 Å². The van der Waals surface area contributed by atoms with E-state index in [9.17, 15) is 0 Å². The molecule has 0 saturated heterocycles. The summed E-state index contributed by atoms with van der Waals surface area (Å²) in [5.74, 6) is 0. The fraction of sp³-hybridized carbons (Fsp3) is 0.179. The maximum Gasteiger partial charge on any atom is 0.0976 e. The van der Waals surface area contributed by atoms with Gasteiger partial charge in [0, 0.05) is 17.6 Å². The van der Waals surface area contributed by atoms with Crippen molar-refractivity contribution in [2.75, 3.05) is 6.54 Å². The van der Waals surface area contributed by atoms with E-state index in [0.717, 1.165) is 23.7 Å². The Morgan fingerprint density at radius 2 is 1.29 bits per heavy atom. The normalized spacial score (nSPS) is 11.6. The average molecular weight is 425 g/mol. The van der Waals surface area contributed by atoms with Gasteiger partial charge in [0.2, 0.25) is 0 Å². The van der Waals surface area contributed by atoms with Crippen molar-refractivity contribution in [2.24, 2.45) is 0 Å². The van der Waals surface area contributed by atoms with Crippen LogP contribution in [0.2, 0.25) is 0 Å². The fourth-order valence-corrected chi connectivity index (χ4v) is 4.51.